The van der Waals surface area contributed by atoms with Gasteiger partial charge < -0.3 is 10.4 Å². The molecule has 1 aromatic carbocycles. The number of carbonyl (C=O) groups excluding carboxylic acids is 1. The van der Waals surface area contributed by atoms with Gasteiger partial charge in [-0.05, 0) is 43.4 Å². The molecule has 1 heterocycles. The molecule has 0 spiro atoms. The maximum absolute atomic E-state index is 12.9. The van der Waals surface area contributed by atoms with Crippen molar-refractivity contribution in [1.82, 2.24) is 9.62 Å². The number of amides is 1. The minimum absolute atomic E-state index is 0.133. The second-order valence-electron chi connectivity index (χ2n) is 6.85. The van der Waals surface area contributed by atoms with Crippen molar-refractivity contribution in [3.8, 4) is 0 Å². The monoisotopic (exact) mass is 354 g/mol. The Kier molecular flexibility index (Phi) is 6.01. The number of rotatable bonds is 5. The number of sulfonamides is 1. The van der Waals surface area contributed by atoms with Gasteiger partial charge in [-0.15, -0.1) is 0 Å². The summed E-state index contributed by atoms with van der Waals surface area (Å²) < 4.78 is 27.3. The van der Waals surface area contributed by atoms with Crippen molar-refractivity contribution in [1.29, 1.82) is 0 Å². The Hall–Kier alpha value is -1.44. The molecule has 3 unspecified atom stereocenters. The van der Waals surface area contributed by atoms with Crippen LogP contribution in [-0.4, -0.2) is 49.5 Å². The number of carbonyl (C=O) groups is 1. The second-order valence-corrected chi connectivity index (χ2v) is 8.79. The van der Waals surface area contributed by atoms with E-state index >= 15 is 0 Å². The molecule has 7 heteroatoms. The Morgan fingerprint density at radius 2 is 1.96 bits per heavy atom. The predicted octanol–water partition coefficient (Wildman–Crippen LogP) is 1.46. The van der Waals surface area contributed by atoms with Crippen LogP contribution in [0.3, 0.4) is 0 Å². The molecule has 1 amide bonds. The molecular formula is C17H26N2O4S. The average Bonchev–Trinajstić information content (AvgIpc) is 2.53. The van der Waals surface area contributed by atoms with Gasteiger partial charge in [-0.1, -0.05) is 19.9 Å². The number of benzene rings is 1. The summed E-state index contributed by atoms with van der Waals surface area (Å²) in [6.07, 6.45) is 1.02. The third kappa shape index (κ3) is 4.34. The van der Waals surface area contributed by atoms with Crippen LogP contribution < -0.4 is 5.32 Å². The van der Waals surface area contributed by atoms with Gasteiger partial charge in [0.05, 0.1) is 11.5 Å². The molecule has 2 N–H and O–H groups in total. The maximum Gasteiger partial charge on any atom is 0.251 e. The Morgan fingerprint density at radius 3 is 2.54 bits per heavy atom. The van der Waals surface area contributed by atoms with Crippen LogP contribution in [0, 0.1) is 11.8 Å². The van der Waals surface area contributed by atoms with Crippen LogP contribution in [0.4, 0.5) is 0 Å². The molecule has 1 saturated heterocycles. The molecule has 3 atom stereocenters. The number of hydrogen-bond donors (Lipinski definition) is 2. The summed E-state index contributed by atoms with van der Waals surface area (Å²) in [5.74, 6) is 0.245. The normalized spacial score (nSPS) is 23.7. The number of hydrogen-bond acceptors (Lipinski definition) is 4. The molecule has 6 nitrogen and oxygen atoms in total. The van der Waals surface area contributed by atoms with E-state index in [9.17, 15) is 13.2 Å². The Labute approximate surface area is 143 Å². The zero-order valence-electron chi connectivity index (χ0n) is 14.4. The number of piperidine rings is 1. The van der Waals surface area contributed by atoms with Crippen LogP contribution in [0.15, 0.2) is 29.2 Å². The molecule has 24 heavy (non-hydrogen) atoms. The fourth-order valence-corrected chi connectivity index (χ4v) is 4.83. The van der Waals surface area contributed by atoms with Crippen molar-refractivity contribution >= 4 is 15.9 Å². The van der Waals surface area contributed by atoms with E-state index in [4.69, 9.17) is 5.11 Å². The number of aliphatic hydroxyl groups excluding tert-OH is 1. The molecule has 1 aromatic rings. The summed E-state index contributed by atoms with van der Waals surface area (Å²) in [7, 11) is -3.61. The Morgan fingerprint density at radius 1 is 1.33 bits per heavy atom. The fourth-order valence-electron chi connectivity index (χ4n) is 3.10. The first kappa shape index (κ1) is 18.9. The van der Waals surface area contributed by atoms with Gasteiger partial charge in [0.1, 0.15) is 0 Å². The molecule has 0 aliphatic carbocycles. The molecule has 1 fully saturated rings. The summed E-state index contributed by atoms with van der Waals surface area (Å²) in [6.45, 7) is 6.62. The first-order chi connectivity index (χ1) is 11.2. The quantitative estimate of drug-likeness (QED) is 0.838. The van der Waals surface area contributed by atoms with Crippen molar-refractivity contribution in [3.63, 3.8) is 0 Å². The van der Waals surface area contributed by atoms with Crippen LogP contribution in [0.25, 0.3) is 0 Å². The van der Waals surface area contributed by atoms with Crippen LogP contribution in [-0.2, 0) is 10.0 Å². The van der Waals surface area contributed by atoms with Gasteiger partial charge >= 0.3 is 0 Å². The van der Waals surface area contributed by atoms with E-state index in [2.05, 4.69) is 19.2 Å². The molecular weight excluding hydrogens is 328 g/mol. The highest BCUT2D eigenvalue weighted by atomic mass is 32.2. The molecule has 0 aromatic heterocycles. The summed E-state index contributed by atoms with van der Waals surface area (Å²) in [5.41, 5.74) is 0.273. The van der Waals surface area contributed by atoms with E-state index in [1.54, 1.807) is 19.1 Å². The minimum atomic E-state index is -3.61. The van der Waals surface area contributed by atoms with Crippen molar-refractivity contribution in [2.45, 2.75) is 38.1 Å². The minimum Gasteiger partial charge on any atom is -0.394 e. The molecule has 1 aliphatic rings. The standard InChI is InChI=1S/C17H26N2O4S/c1-12-7-13(2)10-19(9-12)24(22,23)16-6-4-5-15(8-16)17(21)18-14(3)11-20/h4-6,8,12-14,20H,7,9-11H2,1-3H3,(H,18,21). The summed E-state index contributed by atoms with van der Waals surface area (Å²) in [4.78, 5) is 12.3. The molecule has 0 bridgehead atoms. The van der Waals surface area contributed by atoms with Crippen molar-refractivity contribution in [2.75, 3.05) is 19.7 Å². The highest BCUT2D eigenvalue weighted by molar-refractivity contribution is 7.89. The Bertz CT molecular complexity index is 680. The maximum atomic E-state index is 12.9. The van der Waals surface area contributed by atoms with Crippen molar-refractivity contribution in [2.24, 2.45) is 11.8 Å². The lowest BCUT2D eigenvalue weighted by atomic mass is 9.94. The number of nitrogens with one attached hydrogen (secondary N) is 1. The Balaban J connectivity index is 2.25. The van der Waals surface area contributed by atoms with Crippen LogP contribution in [0.1, 0.15) is 37.6 Å². The van der Waals surface area contributed by atoms with Crippen molar-refractivity contribution in [3.05, 3.63) is 29.8 Å². The first-order valence-corrected chi connectivity index (χ1v) is 9.70. The van der Waals surface area contributed by atoms with E-state index < -0.39 is 15.9 Å². The molecule has 0 radical (unpaired) electrons. The lowest BCUT2D eigenvalue weighted by Gasteiger charge is -2.34. The third-order valence-electron chi connectivity index (χ3n) is 4.22. The summed E-state index contributed by atoms with van der Waals surface area (Å²) >= 11 is 0. The summed E-state index contributed by atoms with van der Waals surface area (Å²) in [5, 5.41) is 11.6. The molecule has 1 aliphatic heterocycles. The number of nitrogens with zero attached hydrogens (tertiary/aromatic N) is 1. The van der Waals surface area contributed by atoms with E-state index in [-0.39, 0.29) is 23.1 Å². The second kappa shape index (κ2) is 7.63. The molecule has 0 saturated carbocycles. The van der Waals surface area contributed by atoms with Gasteiger partial charge in [-0.3, -0.25) is 4.79 Å². The van der Waals surface area contributed by atoms with Gasteiger partial charge in [0.2, 0.25) is 10.0 Å². The third-order valence-corrected chi connectivity index (χ3v) is 6.05. The van der Waals surface area contributed by atoms with Crippen LogP contribution >= 0.6 is 0 Å². The molecule has 2 rings (SSSR count). The van der Waals surface area contributed by atoms with E-state index in [1.165, 1.54) is 16.4 Å². The van der Waals surface area contributed by atoms with E-state index in [0.29, 0.717) is 24.9 Å². The predicted molar refractivity (Wildman–Crippen MR) is 92.2 cm³/mol. The zero-order valence-corrected chi connectivity index (χ0v) is 15.2. The smallest absolute Gasteiger partial charge is 0.251 e. The zero-order chi connectivity index (χ0) is 17.9. The average molecular weight is 354 g/mol. The van der Waals surface area contributed by atoms with Gasteiger partial charge in [0.15, 0.2) is 0 Å². The topological polar surface area (TPSA) is 86.7 Å². The van der Waals surface area contributed by atoms with Gasteiger partial charge in [-0.2, -0.15) is 4.31 Å². The number of aliphatic hydroxyl groups is 1. The van der Waals surface area contributed by atoms with Crippen molar-refractivity contribution < 1.29 is 18.3 Å². The largest absolute Gasteiger partial charge is 0.394 e. The lowest BCUT2D eigenvalue weighted by Crippen LogP contribution is -2.42. The van der Waals surface area contributed by atoms with E-state index in [0.717, 1.165) is 6.42 Å². The highest BCUT2D eigenvalue weighted by Crippen LogP contribution is 2.27. The highest BCUT2D eigenvalue weighted by Gasteiger charge is 2.31. The summed E-state index contributed by atoms with van der Waals surface area (Å²) in [6, 6.07) is 5.67. The van der Waals surface area contributed by atoms with E-state index in [1.807, 2.05) is 0 Å². The van der Waals surface area contributed by atoms with Crippen LogP contribution in [0.5, 0.6) is 0 Å². The van der Waals surface area contributed by atoms with Crippen LogP contribution in [0.2, 0.25) is 0 Å². The van der Waals surface area contributed by atoms with Gasteiger partial charge in [0.25, 0.3) is 5.91 Å². The lowest BCUT2D eigenvalue weighted by molar-refractivity contribution is 0.0922. The fraction of sp³-hybridized carbons (Fsp3) is 0.588. The van der Waals surface area contributed by atoms with Gasteiger partial charge in [-0.25, -0.2) is 8.42 Å². The first-order valence-electron chi connectivity index (χ1n) is 8.26. The van der Waals surface area contributed by atoms with Gasteiger partial charge in [0, 0.05) is 24.7 Å². The SMILES string of the molecule is CC1CC(C)CN(S(=O)(=O)c2cccc(C(=O)NC(C)CO)c2)C1. The molecule has 134 valence electrons.